The third kappa shape index (κ3) is 5.27. The zero-order valence-electron chi connectivity index (χ0n) is 21.1. The van der Waals surface area contributed by atoms with Crippen LogP contribution in [0.25, 0.3) is 0 Å². The number of carbonyl (C=O) groups excluding carboxylic acids is 2. The zero-order valence-corrected chi connectivity index (χ0v) is 21.9. The molecule has 0 aliphatic carbocycles. The molecule has 11 nitrogen and oxygen atoms in total. The molecule has 2 aliphatic rings. The van der Waals surface area contributed by atoms with E-state index in [4.69, 9.17) is 4.74 Å². The summed E-state index contributed by atoms with van der Waals surface area (Å²) in [6, 6.07) is 3.54. The second-order valence-electron chi connectivity index (χ2n) is 10.1. The van der Waals surface area contributed by atoms with Gasteiger partial charge in [0, 0.05) is 48.6 Å². The predicted molar refractivity (Wildman–Crippen MR) is 135 cm³/mol. The summed E-state index contributed by atoms with van der Waals surface area (Å²) in [5.74, 6) is -2.94. The molecule has 2 aromatic heterocycles. The number of anilines is 2. The highest BCUT2D eigenvalue weighted by atomic mass is 32.2. The van der Waals surface area contributed by atoms with Crippen molar-refractivity contribution in [3.05, 3.63) is 65.1 Å². The summed E-state index contributed by atoms with van der Waals surface area (Å²) in [5.41, 5.74) is 0.523. The Hall–Kier alpha value is -3.75. The SMILES string of the molecule is CC1(C)CN(S(=O)(=O)c2cc(F)cc(F)c2)Cc2c(NC(=O)c3ccncc3NC(=O)C3CCCO3)n[nH]c21. The molecule has 0 bridgehead atoms. The maximum absolute atomic E-state index is 13.8. The lowest BCUT2D eigenvalue weighted by Crippen LogP contribution is -2.45. The molecule has 206 valence electrons. The number of fused-ring (bicyclic) bond motifs is 1. The van der Waals surface area contributed by atoms with Gasteiger partial charge in [-0.2, -0.15) is 9.40 Å². The van der Waals surface area contributed by atoms with Crippen molar-refractivity contribution in [2.24, 2.45) is 0 Å². The van der Waals surface area contributed by atoms with Crippen LogP contribution in [-0.2, 0) is 31.5 Å². The van der Waals surface area contributed by atoms with Crippen LogP contribution in [0.2, 0.25) is 0 Å². The normalized spacial score (nSPS) is 18.9. The average molecular weight is 561 g/mol. The van der Waals surface area contributed by atoms with Crippen molar-refractivity contribution in [2.75, 3.05) is 23.8 Å². The molecule has 3 N–H and O–H groups in total. The fraction of sp³-hybridized carbons (Fsp3) is 0.360. The molecule has 5 rings (SSSR count). The number of carbonyl (C=O) groups is 2. The monoisotopic (exact) mass is 560 g/mol. The van der Waals surface area contributed by atoms with Crippen LogP contribution in [0.3, 0.4) is 0 Å². The third-order valence-corrected chi connectivity index (χ3v) is 8.47. The number of nitrogens with zero attached hydrogens (tertiary/aromatic N) is 3. The van der Waals surface area contributed by atoms with Crippen LogP contribution in [-0.4, -0.2) is 59.0 Å². The van der Waals surface area contributed by atoms with Gasteiger partial charge >= 0.3 is 0 Å². The lowest BCUT2D eigenvalue weighted by Gasteiger charge is -2.36. The number of aromatic nitrogens is 3. The van der Waals surface area contributed by atoms with Crippen molar-refractivity contribution in [1.82, 2.24) is 19.5 Å². The molecule has 1 saturated heterocycles. The van der Waals surface area contributed by atoms with Gasteiger partial charge in [-0.3, -0.25) is 19.7 Å². The Bertz CT molecular complexity index is 1530. The smallest absolute Gasteiger partial charge is 0.259 e. The number of hydrogen-bond acceptors (Lipinski definition) is 7. The van der Waals surface area contributed by atoms with Crippen molar-refractivity contribution in [3.63, 3.8) is 0 Å². The van der Waals surface area contributed by atoms with Crippen LogP contribution in [0.5, 0.6) is 0 Å². The van der Waals surface area contributed by atoms with E-state index < -0.39 is 44.0 Å². The second kappa shape index (κ2) is 10.1. The maximum Gasteiger partial charge on any atom is 0.259 e. The molecule has 0 saturated carbocycles. The number of pyridine rings is 1. The van der Waals surface area contributed by atoms with E-state index in [0.717, 1.165) is 22.9 Å². The molecule has 3 aromatic rings. The number of halogens is 2. The average Bonchev–Trinajstić information content (AvgIpc) is 3.55. The first-order valence-electron chi connectivity index (χ1n) is 12.2. The van der Waals surface area contributed by atoms with Gasteiger partial charge in [0.25, 0.3) is 11.8 Å². The molecule has 1 atom stereocenters. The lowest BCUT2D eigenvalue weighted by atomic mass is 9.84. The van der Waals surface area contributed by atoms with Gasteiger partial charge in [0.1, 0.15) is 17.7 Å². The van der Waals surface area contributed by atoms with Gasteiger partial charge in [0.15, 0.2) is 5.82 Å². The predicted octanol–water partition coefficient (Wildman–Crippen LogP) is 2.93. The summed E-state index contributed by atoms with van der Waals surface area (Å²) in [5, 5.41) is 12.5. The van der Waals surface area contributed by atoms with Gasteiger partial charge in [0.2, 0.25) is 10.0 Å². The molecule has 4 heterocycles. The number of sulfonamides is 1. The maximum atomic E-state index is 13.8. The van der Waals surface area contributed by atoms with Gasteiger partial charge < -0.3 is 15.4 Å². The highest BCUT2D eigenvalue weighted by Gasteiger charge is 2.41. The van der Waals surface area contributed by atoms with Gasteiger partial charge in [-0.15, -0.1) is 0 Å². The van der Waals surface area contributed by atoms with E-state index in [0.29, 0.717) is 30.4 Å². The van der Waals surface area contributed by atoms with Crippen LogP contribution in [0.15, 0.2) is 41.6 Å². The summed E-state index contributed by atoms with van der Waals surface area (Å²) in [7, 11) is -4.29. The van der Waals surface area contributed by atoms with E-state index in [-0.39, 0.29) is 36.1 Å². The Morgan fingerprint density at radius 1 is 1.18 bits per heavy atom. The molecule has 1 aromatic carbocycles. The molecule has 2 amide bonds. The van der Waals surface area contributed by atoms with E-state index in [1.807, 2.05) is 0 Å². The summed E-state index contributed by atoms with van der Waals surface area (Å²) in [6.45, 7) is 3.85. The Balaban J connectivity index is 1.41. The fourth-order valence-corrected chi connectivity index (χ4v) is 6.41. The molecular formula is C25H26F2N6O5S. The quantitative estimate of drug-likeness (QED) is 0.420. The zero-order chi connectivity index (χ0) is 27.9. The summed E-state index contributed by atoms with van der Waals surface area (Å²) in [4.78, 5) is 29.3. The number of H-pyrrole nitrogens is 1. The van der Waals surface area contributed by atoms with Crippen molar-refractivity contribution < 1.29 is 31.5 Å². The Morgan fingerprint density at radius 2 is 1.92 bits per heavy atom. The van der Waals surface area contributed by atoms with E-state index in [1.54, 1.807) is 13.8 Å². The Morgan fingerprint density at radius 3 is 2.62 bits per heavy atom. The molecule has 14 heteroatoms. The van der Waals surface area contributed by atoms with Crippen molar-refractivity contribution in [1.29, 1.82) is 0 Å². The van der Waals surface area contributed by atoms with Crippen LogP contribution in [0.1, 0.15) is 48.3 Å². The molecule has 39 heavy (non-hydrogen) atoms. The minimum absolute atomic E-state index is 0.000181. The number of ether oxygens (including phenoxy) is 1. The van der Waals surface area contributed by atoms with E-state index >= 15 is 0 Å². The first-order valence-corrected chi connectivity index (χ1v) is 13.6. The standard InChI is InChI=1S/C25H26F2N6O5S/c1-25(2)13-33(39(36,37)16-9-14(26)8-15(27)10-16)12-18-21(25)31-32-22(18)30-23(34)17-5-6-28-11-19(17)29-24(35)20-4-3-7-38-20/h5-6,8-11,20H,3-4,7,12-13H2,1-2H3,(H,29,35)(H2,30,31,32,34). The van der Waals surface area contributed by atoms with Crippen LogP contribution >= 0.6 is 0 Å². The Kier molecular flexibility index (Phi) is 6.95. The molecule has 1 fully saturated rings. The summed E-state index contributed by atoms with van der Waals surface area (Å²) >= 11 is 0. The molecule has 0 spiro atoms. The van der Waals surface area contributed by atoms with Crippen molar-refractivity contribution in [3.8, 4) is 0 Å². The van der Waals surface area contributed by atoms with Gasteiger partial charge in [-0.05, 0) is 31.0 Å². The first-order chi connectivity index (χ1) is 18.5. The lowest BCUT2D eigenvalue weighted by molar-refractivity contribution is -0.124. The topological polar surface area (TPSA) is 146 Å². The summed E-state index contributed by atoms with van der Waals surface area (Å²) in [6.07, 6.45) is 3.47. The molecule has 0 radical (unpaired) electrons. The number of hydrogen-bond donors (Lipinski definition) is 3. The van der Waals surface area contributed by atoms with Crippen LogP contribution < -0.4 is 10.6 Å². The van der Waals surface area contributed by atoms with Gasteiger partial charge in [-0.25, -0.2) is 17.2 Å². The number of nitrogens with one attached hydrogen (secondary N) is 3. The number of amides is 2. The number of rotatable bonds is 6. The summed E-state index contributed by atoms with van der Waals surface area (Å²) < 4.78 is 60.8. The largest absolute Gasteiger partial charge is 0.368 e. The van der Waals surface area contributed by atoms with Crippen LogP contribution in [0, 0.1) is 11.6 Å². The second-order valence-corrected chi connectivity index (χ2v) is 12.0. The van der Waals surface area contributed by atoms with Crippen LogP contribution in [0.4, 0.5) is 20.3 Å². The van der Waals surface area contributed by atoms with Gasteiger partial charge in [0.05, 0.1) is 22.3 Å². The minimum atomic E-state index is -4.29. The van der Waals surface area contributed by atoms with E-state index in [1.165, 1.54) is 18.5 Å². The van der Waals surface area contributed by atoms with Crippen molar-refractivity contribution in [2.45, 2.75) is 49.6 Å². The van der Waals surface area contributed by atoms with E-state index in [2.05, 4.69) is 25.8 Å². The number of aromatic amines is 1. The molecule has 1 unspecified atom stereocenters. The third-order valence-electron chi connectivity index (χ3n) is 6.70. The molecular weight excluding hydrogens is 534 g/mol. The number of benzene rings is 1. The minimum Gasteiger partial charge on any atom is -0.368 e. The highest BCUT2D eigenvalue weighted by Crippen LogP contribution is 2.38. The van der Waals surface area contributed by atoms with Gasteiger partial charge in [-0.1, -0.05) is 13.8 Å². The highest BCUT2D eigenvalue weighted by molar-refractivity contribution is 7.89. The van der Waals surface area contributed by atoms with E-state index in [9.17, 15) is 26.8 Å². The first kappa shape index (κ1) is 26.8. The fourth-order valence-electron chi connectivity index (χ4n) is 4.80. The van der Waals surface area contributed by atoms with Crippen molar-refractivity contribution >= 4 is 33.3 Å². The Labute approximate surface area is 223 Å². The molecule has 2 aliphatic heterocycles.